The fourth-order valence-electron chi connectivity index (χ4n) is 2.03. The predicted molar refractivity (Wildman–Crippen MR) is 65.9 cm³/mol. The van der Waals surface area contributed by atoms with Crippen LogP contribution in [0.25, 0.3) is 0 Å². The van der Waals surface area contributed by atoms with Gasteiger partial charge >= 0.3 is 0 Å². The number of pyridine rings is 1. The predicted octanol–water partition coefficient (Wildman–Crippen LogP) is 1.93. The maximum atomic E-state index is 6.13. The Morgan fingerprint density at radius 3 is 2.62 bits per heavy atom. The van der Waals surface area contributed by atoms with Gasteiger partial charge in [0, 0.05) is 13.1 Å². The lowest BCUT2D eigenvalue weighted by atomic mass is 10.2. The highest BCUT2D eigenvalue weighted by atomic mass is 35.5. The van der Waals surface area contributed by atoms with Gasteiger partial charge in [-0.25, -0.2) is 4.98 Å². The lowest BCUT2D eigenvalue weighted by Gasteiger charge is -2.36. The van der Waals surface area contributed by atoms with E-state index >= 15 is 0 Å². The first-order valence-electron chi connectivity index (χ1n) is 5.37. The van der Waals surface area contributed by atoms with Gasteiger partial charge in [-0.3, -0.25) is 0 Å². The van der Waals surface area contributed by atoms with Crippen molar-refractivity contribution in [2.75, 3.05) is 23.7 Å². The number of rotatable bonds is 1. The zero-order valence-electron chi connectivity index (χ0n) is 9.48. The Balaban J connectivity index is 2.23. The number of hydrogen-bond acceptors (Lipinski definition) is 4. The van der Waals surface area contributed by atoms with Crippen LogP contribution in [-0.2, 0) is 4.74 Å². The standard InChI is InChI=1S/C11H16ClN3O/c1-7-5-15(6-8(2)16-7)11-10(12)3-9(13)4-14-11/h3-4,7-8H,5-6,13H2,1-2H3/t7-,8-/m1/s1. The average molecular weight is 242 g/mol. The number of nitrogens with two attached hydrogens (primary N) is 1. The van der Waals surface area contributed by atoms with E-state index in [4.69, 9.17) is 22.1 Å². The van der Waals surface area contributed by atoms with Crippen molar-refractivity contribution < 1.29 is 4.74 Å². The van der Waals surface area contributed by atoms with Gasteiger partial charge in [-0.2, -0.15) is 0 Å². The molecule has 1 aromatic heterocycles. The van der Waals surface area contributed by atoms with Crippen molar-refractivity contribution in [3.05, 3.63) is 17.3 Å². The van der Waals surface area contributed by atoms with E-state index in [-0.39, 0.29) is 12.2 Å². The SMILES string of the molecule is C[C@@H]1CN(c2ncc(N)cc2Cl)C[C@@H](C)O1. The van der Waals surface area contributed by atoms with Gasteiger partial charge in [0.2, 0.25) is 0 Å². The summed E-state index contributed by atoms with van der Waals surface area (Å²) in [4.78, 5) is 6.42. The van der Waals surface area contributed by atoms with E-state index in [1.54, 1.807) is 12.3 Å². The van der Waals surface area contributed by atoms with E-state index < -0.39 is 0 Å². The van der Waals surface area contributed by atoms with Crippen molar-refractivity contribution in [3.8, 4) is 0 Å². The zero-order chi connectivity index (χ0) is 11.7. The second kappa shape index (κ2) is 4.47. The number of nitrogens with zero attached hydrogens (tertiary/aromatic N) is 2. The molecule has 1 aliphatic heterocycles. The minimum Gasteiger partial charge on any atom is -0.397 e. The van der Waals surface area contributed by atoms with E-state index in [1.165, 1.54) is 0 Å². The molecule has 2 heterocycles. The van der Waals surface area contributed by atoms with Gasteiger partial charge in [0.05, 0.1) is 29.1 Å². The highest BCUT2D eigenvalue weighted by Gasteiger charge is 2.24. The summed E-state index contributed by atoms with van der Waals surface area (Å²) in [6.45, 7) is 5.71. The quantitative estimate of drug-likeness (QED) is 0.816. The van der Waals surface area contributed by atoms with Crippen molar-refractivity contribution in [3.63, 3.8) is 0 Å². The molecule has 2 atom stereocenters. The van der Waals surface area contributed by atoms with Gasteiger partial charge in [-0.15, -0.1) is 0 Å². The van der Waals surface area contributed by atoms with Crippen molar-refractivity contribution in [1.29, 1.82) is 0 Å². The molecule has 1 fully saturated rings. The van der Waals surface area contributed by atoms with Crippen molar-refractivity contribution in [2.24, 2.45) is 0 Å². The zero-order valence-corrected chi connectivity index (χ0v) is 10.2. The summed E-state index contributed by atoms with van der Waals surface area (Å²) in [7, 11) is 0. The highest BCUT2D eigenvalue weighted by Crippen LogP contribution is 2.27. The molecule has 1 aliphatic rings. The van der Waals surface area contributed by atoms with Gasteiger partial charge in [0.1, 0.15) is 5.82 Å². The summed E-state index contributed by atoms with van der Waals surface area (Å²) in [6, 6.07) is 1.73. The van der Waals surface area contributed by atoms with Crippen LogP contribution in [0.4, 0.5) is 11.5 Å². The van der Waals surface area contributed by atoms with Gasteiger partial charge in [0.25, 0.3) is 0 Å². The molecule has 0 amide bonds. The minimum atomic E-state index is 0.194. The van der Waals surface area contributed by atoms with Crippen molar-refractivity contribution >= 4 is 23.1 Å². The molecule has 0 unspecified atom stereocenters. The first-order chi connectivity index (χ1) is 7.56. The summed E-state index contributed by atoms with van der Waals surface area (Å²) in [5.41, 5.74) is 6.21. The molecule has 0 aliphatic carbocycles. The molecular weight excluding hydrogens is 226 g/mol. The van der Waals surface area contributed by atoms with E-state index in [2.05, 4.69) is 9.88 Å². The number of hydrogen-bond donors (Lipinski definition) is 1. The smallest absolute Gasteiger partial charge is 0.147 e. The Hall–Kier alpha value is -1.00. The average Bonchev–Trinajstić information content (AvgIpc) is 2.15. The number of morpholine rings is 1. The summed E-state index contributed by atoms with van der Waals surface area (Å²) in [5.74, 6) is 0.790. The molecule has 5 heteroatoms. The van der Waals surface area contributed by atoms with Crippen LogP contribution in [0.15, 0.2) is 12.3 Å². The maximum absolute atomic E-state index is 6.13. The summed E-state index contributed by atoms with van der Waals surface area (Å²) in [5, 5.41) is 0.598. The topological polar surface area (TPSA) is 51.4 Å². The second-order valence-corrected chi connectivity index (χ2v) is 4.64. The summed E-state index contributed by atoms with van der Waals surface area (Å²) >= 11 is 6.13. The Kier molecular flexibility index (Phi) is 3.21. The van der Waals surface area contributed by atoms with Crippen molar-refractivity contribution in [1.82, 2.24) is 4.98 Å². The fourth-order valence-corrected chi connectivity index (χ4v) is 2.32. The monoisotopic (exact) mass is 241 g/mol. The molecule has 0 aromatic carbocycles. The van der Waals surface area contributed by atoms with Crippen LogP contribution in [0.1, 0.15) is 13.8 Å². The van der Waals surface area contributed by atoms with Crippen LogP contribution in [0.5, 0.6) is 0 Å². The molecule has 4 nitrogen and oxygen atoms in total. The molecule has 0 bridgehead atoms. The van der Waals surface area contributed by atoms with E-state index in [0.717, 1.165) is 18.9 Å². The third-order valence-corrected chi connectivity index (χ3v) is 2.84. The molecule has 2 rings (SSSR count). The van der Waals surface area contributed by atoms with Crippen LogP contribution in [0.2, 0.25) is 5.02 Å². The largest absolute Gasteiger partial charge is 0.397 e. The Morgan fingerprint density at radius 1 is 1.44 bits per heavy atom. The van der Waals surface area contributed by atoms with E-state index in [1.807, 2.05) is 13.8 Å². The Labute approximate surface area is 100 Å². The van der Waals surface area contributed by atoms with Crippen LogP contribution >= 0.6 is 11.6 Å². The third kappa shape index (κ3) is 2.39. The molecule has 0 radical (unpaired) electrons. The van der Waals surface area contributed by atoms with E-state index in [9.17, 15) is 0 Å². The van der Waals surface area contributed by atoms with Gasteiger partial charge in [0.15, 0.2) is 0 Å². The molecule has 2 N–H and O–H groups in total. The van der Waals surface area contributed by atoms with Gasteiger partial charge < -0.3 is 15.4 Å². The molecule has 88 valence electrons. The normalized spacial score (nSPS) is 25.8. The Morgan fingerprint density at radius 2 is 2.06 bits per heavy atom. The summed E-state index contributed by atoms with van der Waals surface area (Å²) < 4.78 is 5.66. The molecule has 1 saturated heterocycles. The second-order valence-electron chi connectivity index (χ2n) is 4.24. The third-order valence-electron chi connectivity index (χ3n) is 2.56. The van der Waals surface area contributed by atoms with Gasteiger partial charge in [-0.1, -0.05) is 11.6 Å². The summed E-state index contributed by atoms with van der Waals surface area (Å²) in [6.07, 6.45) is 2.02. The van der Waals surface area contributed by atoms with Crippen LogP contribution in [-0.4, -0.2) is 30.3 Å². The van der Waals surface area contributed by atoms with Crippen molar-refractivity contribution in [2.45, 2.75) is 26.1 Å². The molecule has 0 spiro atoms. The minimum absolute atomic E-state index is 0.194. The van der Waals surface area contributed by atoms with Crippen LogP contribution < -0.4 is 10.6 Å². The van der Waals surface area contributed by atoms with Gasteiger partial charge in [-0.05, 0) is 19.9 Å². The Bertz CT molecular complexity index is 375. The number of aromatic nitrogens is 1. The highest BCUT2D eigenvalue weighted by molar-refractivity contribution is 6.33. The van der Waals surface area contributed by atoms with Crippen LogP contribution in [0, 0.1) is 0 Å². The lowest BCUT2D eigenvalue weighted by Crippen LogP contribution is -2.46. The number of anilines is 2. The molecule has 0 saturated carbocycles. The molecule has 16 heavy (non-hydrogen) atoms. The molecule has 1 aromatic rings. The van der Waals surface area contributed by atoms with Crippen LogP contribution in [0.3, 0.4) is 0 Å². The maximum Gasteiger partial charge on any atom is 0.147 e. The first kappa shape index (κ1) is 11.5. The fraction of sp³-hybridized carbons (Fsp3) is 0.545. The first-order valence-corrected chi connectivity index (χ1v) is 5.75. The number of nitrogen functional groups attached to an aromatic ring is 1. The van der Waals surface area contributed by atoms with E-state index in [0.29, 0.717) is 10.7 Å². The molecular formula is C11H16ClN3O. The lowest BCUT2D eigenvalue weighted by molar-refractivity contribution is -0.00544. The number of ether oxygens (including phenoxy) is 1. The number of halogens is 1.